The van der Waals surface area contributed by atoms with E-state index in [0.717, 1.165) is 11.3 Å². The second kappa shape index (κ2) is 6.20. The van der Waals surface area contributed by atoms with Gasteiger partial charge in [-0.25, -0.2) is 4.79 Å². The van der Waals surface area contributed by atoms with Crippen LogP contribution in [0.2, 0.25) is 8.67 Å². The number of halogens is 2. The number of thiophene rings is 1. The van der Waals surface area contributed by atoms with Crippen LogP contribution in [0.25, 0.3) is 0 Å². The molecule has 0 aliphatic rings. The molecule has 0 bridgehead atoms. The van der Waals surface area contributed by atoms with Crippen molar-refractivity contribution in [3.05, 3.63) is 20.3 Å². The van der Waals surface area contributed by atoms with Crippen molar-refractivity contribution in [3.63, 3.8) is 0 Å². The molecule has 3 N–H and O–H groups in total. The quantitative estimate of drug-likeness (QED) is 0.771. The van der Waals surface area contributed by atoms with Gasteiger partial charge in [0, 0.05) is 13.0 Å². The number of amides is 1. The van der Waals surface area contributed by atoms with Crippen molar-refractivity contribution in [3.8, 4) is 0 Å². The number of aliphatic hydroxyl groups excluding tert-OH is 1. The first-order valence-electron chi connectivity index (χ1n) is 4.55. The van der Waals surface area contributed by atoms with E-state index in [1.54, 1.807) is 0 Å². The van der Waals surface area contributed by atoms with Crippen LogP contribution < -0.4 is 5.32 Å². The Hall–Kier alpha value is -0.820. The molecule has 0 unspecified atom stereocenters. The standard InChI is InChI=1S/C9H9Cl2NO4S/c10-6-3-4(7(11)17-6)8(14)12-2-1-5(13)9(15)16/h3,5,13H,1-2H2,(H,12,14)(H,15,16)/t5-/m0/s1. The van der Waals surface area contributed by atoms with Gasteiger partial charge in [0.05, 0.1) is 9.90 Å². The Bertz CT molecular complexity index is 435. The number of rotatable bonds is 5. The molecule has 0 spiro atoms. The molecule has 0 saturated heterocycles. The Kier molecular flexibility index (Phi) is 5.20. The van der Waals surface area contributed by atoms with Gasteiger partial charge in [-0.2, -0.15) is 0 Å². The number of aliphatic hydroxyl groups is 1. The molecule has 0 fully saturated rings. The fourth-order valence-corrected chi connectivity index (χ4v) is 2.49. The van der Waals surface area contributed by atoms with E-state index in [1.807, 2.05) is 0 Å². The molecule has 1 atom stereocenters. The summed E-state index contributed by atoms with van der Waals surface area (Å²) in [6.07, 6.45) is -1.56. The van der Waals surface area contributed by atoms with Gasteiger partial charge in [0.15, 0.2) is 6.10 Å². The fourth-order valence-electron chi connectivity index (χ4n) is 1.04. The lowest BCUT2D eigenvalue weighted by Gasteiger charge is -2.06. The smallest absolute Gasteiger partial charge is 0.332 e. The van der Waals surface area contributed by atoms with Gasteiger partial charge in [-0.05, 0) is 6.07 Å². The lowest BCUT2D eigenvalue weighted by atomic mass is 10.2. The Morgan fingerprint density at radius 2 is 2.12 bits per heavy atom. The summed E-state index contributed by atoms with van der Waals surface area (Å²) in [4.78, 5) is 21.9. The second-order valence-electron chi connectivity index (χ2n) is 3.14. The molecule has 8 heteroatoms. The van der Waals surface area contributed by atoms with E-state index in [9.17, 15) is 9.59 Å². The normalized spacial score (nSPS) is 12.2. The summed E-state index contributed by atoms with van der Waals surface area (Å²) in [7, 11) is 0. The summed E-state index contributed by atoms with van der Waals surface area (Å²) < 4.78 is 0.664. The van der Waals surface area contributed by atoms with Gasteiger partial charge in [-0.3, -0.25) is 4.79 Å². The number of hydrogen-bond donors (Lipinski definition) is 3. The van der Waals surface area contributed by atoms with Gasteiger partial charge in [-0.1, -0.05) is 23.2 Å². The molecule has 1 heterocycles. The highest BCUT2D eigenvalue weighted by Crippen LogP contribution is 2.30. The highest BCUT2D eigenvalue weighted by Gasteiger charge is 2.16. The number of nitrogens with one attached hydrogen (secondary N) is 1. The zero-order valence-electron chi connectivity index (χ0n) is 8.44. The highest BCUT2D eigenvalue weighted by atomic mass is 35.5. The van der Waals surface area contributed by atoms with Crippen molar-refractivity contribution in [2.24, 2.45) is 0 Å². The zero-order chi connectivity index (χ0) is 13.0. The maximum atomic E-state index is 11.6. The number of carbonyl (C=O) groups is 2. The molecule has 0 radical (unpaired) electrons. The van der Waals surface area contributed by atoms with Gasteiger partial charge in [-0.15, -0.1) is 11.3 Å². The molecule has 0 aliphatic heterocycles. The van der Waals surface area contributed by atoms with E-state index in [4.69, 9.17) is 33.4 Å². The monoisotopic (exact) mass is 297 g/mol. The van der Waals surface area contributed by atoms with Gasteiger partial charge in [0.1, 0.15) is 4.34 Å². The summed E-state index contributed by atoms with van der Waals surface area (Å²) in [6.45, 7) is 0.0378. The summed E-state index contributed by atoms with van der Waals surface area (Å²) in [5, 5.41) is 19.8. The van der Waals surface area contributed by atoms with Crippen LogP contribution in [0.3, 0.4) is 0 Å². The maximum absolute atomic E-state index is 11.6. The SMILES string of the molecule is O=C(NCC[C@H](O)C(=O)O)c1cc(Cl)sc1Cl. The Morgan fingerprint density at radius 3 is 2.59 bits per heavy atom. The highest BCUT2D eigenvalue weighted by molar-refractivity contribution is 7.20. The van der Waals surface area contributed by atoms with E-state index in [1.165, 1.54) is 6.07 Å². The van der Waals surface area contributed by atoms with Gasteiger partial charge in [0.25, 0.3) is 5.91 Å². The van der Waals surface area contributed by atoms with Crippen molar-refractivity contribution in [2.75, 3.05) is 6.54 Å². The minimum absolute atomic E-state index is 0.0378. The van der Waals surface area contributed by atoms with Crippen LogP contribution in [0.15, 0.2) is 6.07 Å². The van der Waals surface area contributed by atoms with Crippen molar-refractivity contribution in [1.82, 2.24) is 5.32 Å². The molecule has 94 valence electrons. The van der Waals surface area contributed by atoms with E-state index in [0.29, 0.717) is 4.34 Å². The van der Waals surface area contributed by atoms with Crippen LogP contribution in [0.4, 0.5) is 0 Å². The lowest BCUT2D eigenvalue weighted by Crippen LogP contribution is -2.29. The van der Waals surface area contributed by atoms with Crippen LogP contribution in [0.5, 0.6) is 0 Å². The second-order valence-corrected chi connectivity index (χ2v) is 5.42. The molecule has 0 aliphatic carbocycles. The van der Waals surface area contributed by atoms with Crippen molar-refractivity contribution < 1.29 is 19.8 Å². The molecule has 17 heavy (non-hydrogen) atoms. The van der Waals surface area contributed by atoms with Crippen LogP contribution in [-0.4, -0.2) is 34.7 Å². The molecule has 0 saturated carbocycles. The molecule has 1 aromatic heterocycles. The van der Waals surface area contributed by atoms with E-state index in [-0.39, 0.29) is 22.9 Å². The first-order chi connectivity index (χ1) is 7.91. The molecule has 1 amide bonds. The third kappa shape index (κ3) is 4.16. The van der Waals surface area contributed by atoms with Crippen molar-refractivity contribution >= 4 is 46.4 Å². The van der Waals surface area contributed by atoms with E-state index >= 15 is 0 Å². The molecule has 0 aromatic carbocycles. The van der Waals surface area contributed by atoms with Crippen LogP contribution in [0.1, 0.15) is 16.8 Å². The molecule has 5 nitrogen and oxygen atoms in total. The average Bonchev–Trinajstić information content (AvgIpc) is 2.57. The summed E-state index contributed by atoms with van der Waals surface area (Å²) in [5.74, 6) is -1.77. The summed E-state index contributed by atoms with van der Waals surface area (Å²) in [5.41, 5.74) is 0.242. The molecular weight excluding hydrogens is 289 g/mol. The Labute approximate surface area is 111 Å². The van der Waals surface area contributed by atoms with Gasteiger partial charge < -0.3 is 15.5 Å². The third-order valence-corrected chi connectivity index (χ3v) is 3.38. The lowest BCUT2D eigenvalue weighted by molar-refractivity contribution is -0.146. The first kappa shape index (κ1) is 14.2. The van der Waals surface area contributed by atoms with Crippen LogP contribution >= 0.6 is 34.5 Å². The minimum Gasteiger partial charge on any atom is -0.479 e. The van der Waals surface area contributed by atoms with Crippen LogP contribution in [-0.2, 0) is 4.79 Å². The summed E-state index contributed by atoms with van der Waals surface area (Å²) in [6, 6.07) is 1.43. The molecule has 1 rings (SSSR count). The Morgan fingerprint density at radius 1 is 1.47 bits per heavy atom. The predicted octanol–water partition coefficient (Wildman–Crippen LogP) is 1.62. The van der Waals surface area contributed by atoms with Crippen molar-refractivity contribution in [1.29, 1.82) is 0 Å². The zero-order valence-corrected chi connectivity index (χ0v) is 10.8. The fraction of sp³-hybridized carbons (Fsp3) is 0.333. The Balaban J connectivity index is 2.45. The molecular formula is C9H9Cl2NO4S. The predicted molar refractivity (Wildman–Crippen MR) is 64.9 cm³/mol. The van der Waals surface area contributed by atoms with Gasteiger partial charge in [0.2, 0.25) is 0 Å². The van der Waals surface area contributed by atoms with Crippen LogP contribution in [0, 0.1) is 0 Å². The molecule has 1 aromatic rings. The van der Waals surface area contributed by atoms with Gasteiger partial charge >= 0.3 is 5.97 Å². The first-order valence-corrected chi connectivity index (χ1v) is 6.13. The number of aliphatic carboxylic acids is 1. The number of carboxylic acids is 1. The topological polar surface area (TPSA) is 86.6 Å². The van der Waals surface area contributed by atoms with E-state index < -0.39 is 18.0 Å². The van der Waals surface area contributed by atoms with E-state index in [2.05, 4.69) is 5.32 Å². The number of carbonyl (C=O) groups excluding carboxylic acids is 1. The largest absolute Gasteiger partial charge is 0.479 e. The minimum atomic E-state index is -1.49. The average molecular weight is 298 g/mol. The maximum Gasteiger partial charge on any atom is 0.332 e. The third-order valence-electron chi connectivity index (χ3n) is 1.89. The van der Waals surface area contributed by atoms with Crippen molar-refractivity contribution in [2.45, 2.75) is 12.5 Å². The number of hydrogen-bond acceptors (Lipinski definition) is 4. The number of carboxylic acid groups (broad SMARTS) is 1. The summed E-state index contributed by atoms with van der Waals surface area (Å²) >= 11 is 12.5.